The molecule has 1 amide bonds. The summed E-state index contributed by atoms with van der Waals surface area (Å²) in [6, 6.07) is 16.3. The Labute approximate surface area is 170 Å². The first-order chi connectivity index (χ1) is 14.1. The number of benzene rings is 2. The molecule has 1 aliphatic rings. The number of fused-ring (bicyclic) bond motifs is 2. The molecule has 150 valence electrons. The SMILES string of the molecule is C[C@H](OC(=O)CCCc1c[nH]c2ccccc12)C(=O)N1CCc2ccccc2C1. The maximum Gasteiger partial charge on any atom is 0.306 e. The summed E-state index contributed by atoms with van der Waals surface area (Å²) >= 11 is 0. The highest BCUT2D eigenvalue weighted by atomic mass is 16.5. The summed E-state index contributed by atoms with van der Waals surface area (Å²) in [4.78, 5) is 30.0. The van der Waals surface area contributed by atoms with Crippen LogP contribution in [0.2, 0.25) is 0 Å². The number of amides is 1. The van der Waals surface area contributed by atoms with Gasteiger partial charge in [-0.3, -0.25) is 9.59 Å². The molecule has 0 bridgehead atoms. The number of rotatable bonds is 6. The molecule has 1 N–H and O–H groups in total. The van der Waals surface area contributed by atoms with Gasteiger partial charge in [0.1, 0.15) is 0 Å². The number of nitrogens with zero attached hydrogens (tertiary/aromatic N) is 1. The Balaban J connectivity index is 1.25. The van der Waals surface area contributed by atoms with Crippen LogP contribution in [0.15, 0.2) is 54.7 Å². The van der Waals surface area contributed by atoms with Crippen LogP contribution in [0.1, 0.15) is 36.5 Å². The number of ether oxygens (including phenoxy) is 1. The normalized spacial score (nSPS) is 14.4. The molecule has 5 nitrogen and oxygen atoms in total. The Morgan fingerprint density at radius 3 is 2.72 bits per heavy atom. The first kappa shape index (κ1) is 19.2. The average molecular weight is 390 g/mol. The number of carbonyl (C=O) groups excluding carboxylic acids is 2. The number of H-pyrrole nitrogens is 1. The van der Waals surface area contributed by atoms with Gasteiger partial charge in [-0.1, -0.05) is 42.5 Å². The molecule has 0 radical (unpaired) electrons. The second kappa shape index (κ2) is 8.52. The number of hydrogen-bond donors (Lipinski definition) is 1. The van der Waals surface area contributed by atoms with Crippen molar-refractivity contribution in [1.82, 2.24) is 9.88 Å². The van der Waals surface area contributed by atoms with Gasteiger partial charge in [-0.25, -0.2) is 0 Å². The molecular formula is C24H26N2O3. The van der Waals surface area contributed by atoms with Crippen molar-refractivity contribution in [1.29, 1.82) is 0 Å². The molecule has 0 saturated carbocycles. The average Bonchev–Trinajstić information content (AvgIpc) is 3.16. The minimum absolute atomic E-state index is 0.121. The van der Waals surface area contributed by atoms with Gasteiger partial charge in [-0.15, -0.1) is 0 Å². The molecular weight excluding hydrogens is 364 g/mol. The third kappa shape index (κ3) is 4.34. The lowest BCUT2D eigenvalue weighted by Gasteiger charge is -2.30. The van der Waals surface area contributed by atoms with Gasteiger partial charge < -0.3 is 14.6 Å². The molecule has 1 aliphatic heterocycles. The number of aromatic amines is 1. The van der Waals surface area contributed by atoms with Gasteiger partial charge in [-0.05, 0) is 48.9 Å². The zero-order valence-corrected chi connectivity index (χ0v) is 16.7. The Morgan fingerprint density at radius 1 is 1.10 bits per heavy atom. The summed E-state index contributed by atoms with van der Waals surface area (Å²) in [7, 11) is 0. The van der Waals surface area contributed by atoms with E-state index in [0.29, 0.717) is 25.9 Å². The second-order valence-corrected chi connectivity index (χ2v) is 7.62. The van der Waals surface area contributed by atoms with E-state index in [9.17, 15) is 9.59 Å². The lowest BCUT2D eigenvalue weighted by molar-refractivity contribution is -0.159. The quantitative estimate of drug-likeness (QED) is 0.647. The van der Waals surface area contributed by atoms with Crippen LogP contribution < -0.4 is 0 Å². The van der Waals surface area contributed by atoms with Crippen LogP contribution in [0, 0.1) is 0 Å². The van der Waals surface area contributed by atoms with E-state index in [1.54, 1.807) is 11.8 Å². The molecule has 1 atom stereocenters. The molecule has 3 aromatic rings. The zero-order chi connectivity index (χ0) is 20.2. The van der Waals surface area contributed by atoms with Gasteiger partial charge in [0.05, 0.1) is 0 Å². The smallest absolute Gasteiger partial charge is 0.306 e. The molecule has 0 unspecified atom stereocenters. The van der Waals surface area contributed by atoms with Gasteiger partial charge in [0.25, 0.3) is 5.91 Å². The highest BCUT2D eigenvalue weighted by Crippen LogP contribution is 2.21. The summed E-state index contributed by atoms with van der Waals surface area (Å²) in [5.74, 6) is -0.437. The summed E-state index contributed by atoms with van der Waals surface area (Å²) in [5.41, 5.74) is 4.76. The van der Waals surface area contributed by atoms with Crippen molar-refractivity contribution < 1.29 is 14.3 Å². The van der Waals surface area contributed by atoms with E-state index in [2.05, 4.69) is 23.2 Å². The fourth-order valence-electron chi connectivity index (χ4n) is 4.01. The van der Waals surface area contributed by atoms with Crippen molar-refractivity contribution in [2.75, 3.05) is 6.54 Å². The first-order valence-corrected chi connectivity index (χ1v) is 10.2. The van der Waals surface area contributed by atoms with Crippen LogP contribution in [0.25, 0.3) is 10.9 Å². The summed E-state index contributed by atoms with van der Waals surface area (Å²) in [6.07, 6.45) is 3.88. The van der Waals surface area contributed by atoms with Crippen molar-refractivity contribution in [2.24, 2.45) is 0 Å². The highest BCUT2D eigenvalue weighted by Gasteiger charge is 2.26. The molecule has 29 heavy (non-hydrogen) atoms. The minimum atomic E-state index is -0.749. The van der Waals surface area contributed by atoms with Crippen molar-refractivity contribution in [2.45, 2.75) is 45.3 Å². The number of nitrogens with one attached hydrogen (secondary N) is 1. The topological polar surface area (TPSA) is 62.4 Å². The number of para-hydroxylation sites is 1. The van der Waals surface area contributed by atoms with Crippen LogP contribution in [-0.2, 0) is 33.7 Å². The first-order valence-electron chi connectivity index (χ1n) is 10.2. The molecule has 1 aromatic heterocycles. The van der Waals surface area contributed by atoms with E-state index >= 15 is 0 Å². The summed E-state index contributed by atoms with van der Waals surface area (Å²) in [5, 5.41) is 1.19. The second-order valence-electron chi connectivity index (χ2n) is 7.62. The third-order valence-corrected chi connectivity index (χ3v) is 5.60. The number of carbonyl (C=O) groups is 2. The monoisotopic (exact) mass is 390 g/mol. The highest BCUT2D eigenvalue weighted by molar-refractivity contribution is 5.84. The van der Waals surface area contributed by atoms with E-state index < -0.39 is 6.10 Å². The molecule has 5 heteroatoms. The minimum Gasteiger partial charge on any atom is -0.453 e. The Bertz CT molecular complexity index is 1020. The van der Waals surface area contributed by atoms with Crippen LogP contribution in [0.3, 0.4) is 0 Å². The summed E-state index contributed by atoms with van der Waals surface area (Å²) in [6.45, 7) is 2.91. The van der Waals surface area contributed by atoms with Gasteiger partial charge in [0.15, 0.2) is 6.10 Å². The third-order valence-electron chi connectivity index (χ3n) is 5.60. The molecule has 4 rings (SSSR count). The van der Waals surface area contributed by atoms with Gasteiger partial charge in [0.2, 0.25) is 0 Å². The van der Waals surface area contributed by atoms with Crippen LogP contribution >= 0.6 is 0 Å². The Morgan fingerprint density at radius 2 is 1.86 bits per heavy atom. The zero-order valence-electron chi connectivity index (χ0n) is 16.7. The van der Waals surface area contributed by atoms with Crippen LogP contribution in [0.4, 0.5) is 0 Å². The maximum absolute atomic E-state index is 12.7. The molecule has 0 spiro atoms. The van der Waals surface area contributed by atoms with Gasteiger partial charge in [0, 0.05) is 36.6 Å². The molecule has 0 aliphatic carbocycles. The largest absolute Gasteiger partial charge is 0.453 e. The summed E-state index contributed by atoms with van der Waals surface area (Å²) < 4.78 is 5.42. The molecule has 2 heterocycles. The maximum atomic E-state index is 12.7. The van der Waals surface area contributed by atoms with E-state index in [-0.39, 0.29) is 11.9 Å². The van der Waals surface area contributed by atoms with E-state index in [4.69, 9.17) is 4.74 Å². The number of aryl methyl sites for hydroxylation is 1. The number of aromatic nitrogens is 1. The molecule has 0 saturated heterocycles. The van der Waals surface area contributed by atoms with Crippen molar-refractivity contribution in [3.8, 4) is 0 Å². The van der Waals surface area contributed by atoms with Crippen LogP contribution in [0.5, 0.6) is 0 Å². The van der Waals surface area contributed by atoms with Crippen molar-refractivity contribution in [3.05, 3.63) is 71.4 Å². The fourth-order valence-corrected chi connectivity index (χ4v) is 4.01. The van der Waals surface area contributed by atoms with E-state index in [1.165, 1.54) is 22.1 Å². The predicted molar refractivity (Wildman–Crippen MR) is 112 cm³/mol. The van der Waals surface area contributed by atoms with Gasteiger partial charge in [-0.2, -0.15) is 0 Å². The Hall–Kier alpha value is -3.08. The predicted octanol–water partition coefficient (Wildman–Crippen LogP) is 4.01. The molecule has 2 aromatic carbocycles. The van der Waals surface area contributed by atoms with E-state index in [0.717, 1.165) is 18.4 Å². The van der Waals surface area contributed by atoms with Crippen LogP contribution in [-0.4, -0.2) is 34.4 Å². The lowest BCUT2D eigenvalue weighted by Crippen LogP contribution is -2.42. The number of hydrogen-bond acceptors (Lipinski definition) is 3. The Kier molecular flexibility index (Phi) is 5.65. The van der Waals surface area contributed by atoms with E-state index in [1.807, 2.05) is 36.5 Å². The lowest BCUT2D eigenvalue weighted by atomic mass is 9.99. The van der Waals surface area contributed by atoms with Crippen molar-refractivity contribution >= 4 is 22.8 Å². The van der Waals surface area contributed by atoms with Gasteiger partial charge >= 0.3 is 5.97 Å². The number of esters is 1. The standard InChI is InChI=1S/C24H26N2O3/c1-17(24(28)26-14-13-18-7-2-3-8-20(18)16-26)29-23(27)12-6-9-19-15-25-22-11-5-4-10-21(19)22/h2-5,7-8,10-11,15,17,25H,6,9,12-14,16H2,1H3/t17-/m0/s1. The molecule has 0 fully saturated rings. The van der Waals surface area contributed by atoms with Crippen molar-refractivity contribution in [3.63, 3.8) is 0 Å². The fraction of sp³-hybridized carbons (Fsp3) is 0.333.